The van der Waals surface area contributed by atoms with E-state index in [0.29, 0.717) is 6.04 Å². The quantitative estimate of drug-likeness (QED) is 0.809. The smallest absolute Gasteiger partial charge is 0.0321 e. The molecule has 0 amide bonds. The number of hydrogen-bond acceptors (Lipinski definition) is 3. The molecular weight excluding hydrogens is 198 g/mol. The number of fused-ring (bicyclic) bond motifs is 1. The number of hydrogen-bond donors (Lipinski definition) is 1. The van der Waals surface area contributed by atoms with Gasteiger partial charge in [-0.05, 0) is 49.5 Å². The molecule has 0 spiro atoms. The number of rotatable bonds is 2. The lowest BCUT2D eigenvalue weighted by Crippen LogP contribution is -2.28. The summed E-state index contributed by atoms with van der Waals surface area (Å²) < 4.78 is 0. The normalized spacial score (nSPS) is 31.6. The molecule has 1 N–H and O–H groups in total. The van der Waals surface area contributed by atoms with Gasteiger partial charge in [0.05, 0.1) is 0 Å². The van der Waals surface area contributed by atoms with Crippen molar-refractivity contribution in [2.45, 2.75) is 13.0 Å². The average Bonchev–Trinajstić information content (AvgIpc) is 2.89. The van der Waals surface area contributed by atoms with Crippen LogP contribution >= 0.6 is 0 Å². The molecule has 3 heterocycles. The van der Waals surface area contributed by atoms with Gasteiger partial charge in [-0.1, -0.05) is 0 Å². The first-order valence-electron chi connectivity index (χ1n) is 6.19. The van der Waals surface area contributed by atoms with Crippen LogP contribution in [0.2, 0.25) is 0 Å². The van der Waals surface area contributed by atoms with Gasteiger partial charge in [0.15, 0.2) is 0 Å². The van der Waals surface area contributed by atoms with Crippen molar-refractivity contribution in [2.75, 3.05) is 26.2 Å². The zero-order valence-electron chi connectivity index (χ0n) is 9.76. The summed E-state index contributed by atoms with van der Waals surface area (Å²) >= 11 is 0. The number of nitrogens with zero attached hydrogens (tertiary/aromatic N) is 2. The Morgan fingerprint density at radius 1 is 1.25 bits per heavy atom. The van der Waals surface area contributed by atoms with Crippen LogP contribution in [0.1, 0.15) is 18.5 Å². The number of nitrogens with one attached hydrogen (secondary N) is 1. The number of pyridine rings is 1. The van der Waals surface area contributed by atoms with Gasteiger partial charge in [0.2, 0.25) is 0 Å². The molecule has 2 saturated heterocycles. The van der Waals surface area contributed by atoms with E-state index >= 15 is 0 Å². The third kappa shape index (κ3) is 1.74. The van der Waals surface area contributed by atoms with Gasteiger partial charge in [-0.15, -0.1) is 0 Å². The standard InChI is InChI=1S/C13H19N3/c1-10(11-2-4-14-5-3-11)16-8-12-6-15-7-13(12)9-16/h2-5,10,12-13,15H,6-9H2,1H3. The maximum absolute atomic E-state index is 4.08. The first-order valence-corrected chi connectivity index (χ1v) is 6.19. The first-order chi connectivity index (χ1) is 7.84. The second-order valence-corrected chi connectivity index (χ2v) is 5.09. The molecule has 1 aromatic rings. The van der Waals surface area contributed by atoms with Gasteiger partial charge in [0.25, 0.3) is 0 Å². The minimum absolute atomic E-state index is 0.536. The van der Waals surface area contributed by atoms with E-state index in [1.807, 2.05) is 12.4 Å². The van der Waals surface area contributed by atoms with Gasteiger partial charge < -0.3 is 5.32 Å². The van der Waals surface area contributed by atoms with E-state index in [9.17, 15) is 0 Å². The topological polar surface area (TPSA) is 28.2 Å². The summed E-state index contributed by atoms with van der Waals surface area (Å²) in [6, 6.07) is 4.81. The van der Waals surface area contributed by atoms with Crippen LogP contribution in [-0.4, -0.2) is 36.1 Å². The fraction of sp³-hybridized carbons (Fsp3) is 0.615. The zero-order valence-corrected chi connectivity index (χ0v) is 9.76. The highest BCUT2D eigenvalue weighted by atomic mass is 15.2. The van der Waals surface area contributed by atoms with E-state index in [-0.39, 0.29) is 0 Å². The van der Waals surface area contributed by atoms with Crippen LogP contribution in [0.25, 0.3) is 0 Å². The maximum atomic E-state index is 4.08. The fourth-order valence-electron chi connectivity index (χ4n) is 3.06. The van der Waals surface area contributed by atoms with Crippen molar-refractivity contribution in [1.82, 2.24) is 15.2 Å². The first kappa shape index (κ1) is 10.2. The summed E-state index contributed by atoms with van der Waals surface area (Å²) in [4.78, 5) is 6.70. The van der Waals surface area contributed by atoms with Gasteiger partial charge in [-0.2, -0.15) is 0 Å². The third-order valence-electron chi connectivity index (χ3n) is 4.15. The predicted molar refractivity (Wildman–Crippen MR) is 64.1 cm³/mol. The molecule has 3 unspecified atom stereocenters. The second-order valence-electron chi connectivity index (χ2n) is 5.09. The minimum atomic E-state index is 0.536. The molecule has 2 fully saturated rings. The van der Waals surface area contributed by atoms with Crippen molar-refractivity contribution >= 4 is 0 Å². The Hall–Kier alpha value is -0.930. The number of likely N-dealkylation sites (tertiary alicyclic amines) is 1. The predicted octanol–water partition coefficient (Wildman–Crippen LogP) is 1.29. The van der Waals surface area contributed by atoms with E-state index in [2.05, 4.69) is 34.3 Å². The van der Waals surface area contributed by atoms with Gasteiger partial charge in [-0.25, -0.2) is 0 Å². The number of aromatic nitrogens is 1. The molecule has 0 bridgehead atoms. The maximum Gasteiger partial charge on any atom is 0.0321 e. The summed E-state index contributed by atoms with van der Waals surface area (Å²) in [6.07, 6.45) is 3.79. The summed E-state index contributed by atoms with van der Waals surface area (Å²) in [7, 11) is 0. The van der Waals surface area contributed by atoms with Crippen LogP contribution in [0.4, 0.5) is 0 Å². The molecule has 16 heavy (non-hydrogen) atoms. The van der Waals surface area contributed by atoms with Crippen LogP contribution in [-0.2, 0) is 0 Å². The Kier molecular flexibility index (Phi) is 2.65. The molecule has 86 valence electrons. The van der Waals surface area contributed by atoms with E-state index in [4.69, 9.17) is 0 Å². The average molecular weight is 217 g/mol. The molecule has 3 rings (SSSR count). The molecule has 3 atom stereocenters. The van der Waals surface area contributed by atoms with Gasteiger partial charge in [-0.3, -0.25) is 9.88 Å². The third-order valence-corrected chi connectivity index (χ3v) is 4.15. The van der Waals surface area contributed by atoms with Gasteiger partial charge in [0, 0.05) is 31.5 Å². The van der Waals surface area contributed by atoms with E-state index in [0.717, 1.165) is 11.8 Å². The molecule has 0 aromatic carbocycles. The van der Waals surface area contributed by atoms with Crippen molar-refractivity contribution in [2.24, 2.45) is 11.8 Å². The Morgan fingerprint density at radius 2 is 1.88 bits per heavy atom. The Balaban J connectivity index is 1.71. The van der Waals surface area contributed by atoms with Crippen molar-refractivity contribution < 1.29 is 0 Å². The van der Waals surface area contributed by atoms with E-state index in [1.54, 1.807) is 0 Å². The van der Waals surface area contributed by atoms with Crippen LogP contribution in [0, 0.1) is 11.8 Å². The van der Waals surface area contributed by atoms with Crippen molar-refractivity contribution in [3.8, 4) is 0 Å². The Labute approximate surface area is 96.9 Å². The molecule has 0 aliphatic carbocycles. The summed E-state index contributed by atoms with van der Waals surface area (Å²) in [5, 5.41) is 3.49. The molecule has 1 aromatic heterocycles. The Bertz CT molecular complexity index is 339. The highest BCUT2D eigenvalue weighted by Crippen LogP contribution is 2.32. The minimum Gasteiger partial charge on any atom is -0.316 e. The highest BCUT2D eigenvalue weighted by Gasteiger charge is 2.37. The second kappa shape index (κ2) is 4.15. The van der Waals surface area contributed by atoms with Gasteiger partial charge in [0.1, 0.15) is 0 Å². The lowest BCUT2D eigenvalue weighted by Gasteiger charge is -2.25. The molecular formula is C13H19N3. The van der Waals surface area contributed by atoms with Crippen molar-refractivity contribution in [3.63, 3.8) is 0 Å². The molecule has 2 aliphatic heterocycles. The van der Waals surface area contributed by atoms with E-state index < -0.39 is 0 Å². The highest BCUT2D eigenvalue weighted by molar-refractivity contribution is 5.15. The largest absolute Gasteiger partial charge is 0.316 e. The molecule has 2 aliphatic rings. The molecule has 0 saturated carbocycles. The SMILES string of the molecule is CC(c1ccncc1)N1CC2CNCC2C1. The summed E-state index contributed by atoms with van der Waals surface area (Å²) in [5.41, 5.74) is 1.39. The lowest BCUT2D eigenvalue weighted by atomic mass is 10.0. The fourth-order valence-corrected chi connectivity index (χ4v) is 3.06. The van der Waals surface area contributed by atoms with Crippen LogP contribution in [0.5, 0.6) is 0 Å². The zero-order chi connectivity index (χ0) is 11.0. The van der Waals surface area contributed by atoms with Crippen LogP contribution < -0.4 is 5.32 Å². The van der Waals surface area contributed by atoms with E-state index in [1.165, 1.54) is 31.7 Å². The van der Waals surface area contributed by atoms with Gasteiger partial charge >= 0.3 is 0 Å². The van der Waals surface area contributed by atoms with Crippen molar-refractivity contribution in [3.05, 3.63) is 30.1 Å². The molecule has 3 heteroatoms. The van der Waals surface area contributed by atoms with Crippen LogP contribution in [0.3, 0.4) is 0 Å². The summed E-state index contributed by atoms with van der Waals surface area (Å²) in [6.45, 7) is 7.24. The van der Waals surface area contributed by atoms with Crippen molar-refractivity contribution in [1.29, 1.82) is 0 Å². The molecule has 3 nitrogen and oxygen atoms in total. The van der Waals surface area contributed by atoms with Crippen LogP contribution in [0.15, 0.2) is 24.5 Å². The summed E-state index contributed by atoms with van der Waals surface area (Å²) in [5.74, 6) is 1.76. The monoisotopic (exact) mass is 217 g/mol. The molecule has 0 radical (unpaired) electrons. The Morgan fingerprint density at radius 3 is 2.50 bits per heavy atom. The lowest BCUT2D eigenvalue weighted by molar-refractivity contribution is 0.244.